The summed E-state index contributed by atoms with van der Waals surface area (Å²) in [7, 11) is -8.91. The van der Waals surface area contributed by atoms with Gasteiger partial charge < -0.3 is 10.1 Å². The number of hydrogen-bond donors (Lipinski definition) is 1. The normalized spacial score (nSPS) is 14.0. The number of ether oxygens (including phenoxy) is 1. The number of methoxy groups -OCH3 is 1. The second-order valence-electron chi connectivity index (χ2n) is 9.48. The lowest BCUT2D eigenvalue weighted by molar-refractivity contribution is -0.120. The highest BCUT2D eigenvalue weighted by Crippen LogP contribution is 2.29. The number of nitrogens with one attached hydrogen (secondary N) is 1. The molecule has 222 valence electrons. The fraction of sp³-hybridized carbons (Fsp3) is 0.444. The standard InChI is InChI=1S/C27H37NO8S4/c1-20(38(3,30)31)8-6-9-23(39(4,32)33)10-7-11-24(40(5,34)35)13-15-27(29)28-17-16-21-19-37-26-14-12-22(36-2)18-25(21)26/h8,10,12-14,18-19H,6-7,9,11,15-17H2,1-5H3,(H,28,29)/b20-8-,23-10+,24-13+. The minimum atomic E-state index is -3.61. The summed E-state index contributed by atoms with van der Waals surface area (Å²) in [5.74, 6) is 0.436. The zero-order valence-corrected chi connectivity index (χ0v) is 26.7. The molecule has 1 N–H and O–H groups in total. The molecule has 9 nitrogen and oxygen atoms in total. The van der Waals surface area contributed by atoms with Crippen molar-refractivity contribution in [1.82, 2.24) is 5.32 Å². The van der Waals surface area contributed by atoms with E-state index in [1.807, 2.05) is 23.6 Å². The highest BCUT2D eigenvalue weighted by Gasteiger charge is 2.15. The second kappa shape index (κ2) is 14.4. The van der Waals surface area contributed by atoms with Crippen LogP contribution < -0.4 is 10.1 Å². The maximum atomic E-state index is 12.4. The number of thiophene rings is 1. The third-order valence-electron chi connectivity index (χ3n) is 6.22. The van der Waals surface area contributed by atoms with Crippen LogP contribution in [0.3, 0.4) is 0 Å². The van der Waals surface area contributed by atoms with Gasteiger partial charge in [-0.05, 0) is 73.6 Å². The van der Waals surface area contributed by atoms with Crippen LogP contribution in [-0.2, 0) is 40.7 Å². The van der Waals surface area contributed by atoms with E-state index in [-0.39, 0.29) is 52.7 Å². The summed E-state index contributed by atoms with van der Waals surface area (Å²) >= 11 is 1.61. The van der Waals surface area contributed by atoms with E-state index in [0.29, 0.717) is 13.0 Å². The molecule has 2 aromatic rings. The Morgan fingerprint density at radius 3 is 2.08 bits per heavy atom. The number of carbonyl (C=O) groups excluding carboxylic acids is 1. The summed E-state index contributed by atoms with van der Waals surface area (Å²) in [5.41, 5.74) is 1.09. The maximum Gasteiger partial charge on any atom is 0.223 e. The molecule has 0 saturated carbocycles. The average Bonchev–Trinajstić information content (AvgIpc) is 3.24. The van der Waals surface area contributed by atoms with E-state index >= 15 is 0 Å². The van der Waals surface area contributed by atoms with E-state index in [2.05, 4.69) is 5.32 Å². The Bertz CT molecular complexity index is 1630. The molecule has 40 heavy (non-hydrogen) atoms. The molecule has 1 aromatic carbocycles. The third-order valence-corrected chi connectivity index (χ3v) is 11.2. The first-order valence-electron chi connectivity index (χ1n) is 12.5. The van der Waals surface area contributed by atoms with Crippen LogP contribution in [0.2, 0.25) is 0 Å². The fourth-order valence-electron chi connectivity index (χ4n) is 3.82. The smallest absolute Gasteiger partial charge is 0.223 e. The number of sulfone groups is 3. The lowest BCUT2D eigenvalue weighted by Gasteiger charge is -2.08. The average molecular weight is 632 g/mol. The van der Waals surface area contributed by atoms with Crippen molar-refractivity contribution >= 4 is 56.8 Å². The molecule has 0 aliphatic rings. The van der Waals surface area contributed by atoms with Gasteiger partial charge in [-0.15, -0.1) is 11.3 Å². The van der Waals surface area contributed by atoms with E-state index in [1.165, 1.54) is 25.2 Å². The first-order valence-corrected chi connectivity index (χ1v) is 19.0. The molecule has 0 spiro atoms. The van der Waals surface area contributed by atoms with E-state index in [9.17, 15) is 30.0 Å². The Balaban J connectivity index is 1.99. The Kier molecular flexibility index (Phi) is 12.2. The number of fused-ring (bicyclic) bond motifs is 1. The van der Waals surface area contributed by atoms with Gasteiger partial charge in [-0.2, -0.15) is 0 Å². The molecule has 0 fully saturated rings. The van der Waals surface area contributed by atoms with Gasteiger partial charge >= 0.3 is 0 Å². The summed E-state index contributed by atoms with van der Waals surface area (Å²) in [6, 6.07) is 5.85. The number of hydrogen-bond acceptors (Lipinski definition) is 9. The molecule has 13 heteroatoms. The van der Waals surface area contributed by atoms with Crippen LogP contribution in [0, 0.1) is 0 Å². The topological polar surface area (TPSA) is 141 Å². The van der Waals surface area contributed by atoms with Crippen LogP contribution >= 0.6 is 11.3 Å². The van der Waals surface area contributed by atoms with Gasteiger partial charge in [-0.1, -0.05) is 18.2 Å². The highest BCUT2D eigenvalue weighted by molar-refractivity contribution is 7.95. The third kappa shape index (κ3) is 10.8. The second-order valence-corrected chi connectivity index (χ2v) is 16.7. The van der Waals surface area contributed by atoms with Crippen LogP contribution in [-0.4, -0.2) is 63.6 Å². The number of allylic oxidation sites excluding steroid dienone is 5. The Morgan fingerprint density at radius 2 is 1.50 bits per heavy atom. The predicted molar refractivity (Wildman–Crippen MR) is 163 cm³/mol. The molecule has 0 bridgehead atoms. The summed E-state index contributed by atoms with van der Waals surface area (Å²) in [5, 5.41) is 5.92. The van der Waals surface area contributed by atoms with Gasteiger partial charge in [0.05, 0.1) is 7.11 Å². The van der Waals surface area contributed by atoms with Crippen molar-refractivity contribution in [3.05, 3.63) is 62.1 Å². The molecule has 0 unspecified atom stereocenters. The Morgan fingerprint density at radius 1 is 0.900 bits per heavy atom. The molecule has 0 aliphatic carbocycles. The molecule has 0 atom stereocenters. The highest BCUT2D eigenvalue weighted by atomic mass is 32.2. The first kappa shape index (κ1) is 33.7. The SMILES string of the molecule is COc1ccc2scc(CCNC(=O)C/C=C(\CC/C=C(\CC/C=C(/C)S(C)(=O)=O)S(C)(=O)=O)S(C)(=O)=O)c2c1. The van der Waals surface area contributed by atoms with Crippen LogP contribution in [0.1, 0.15) is 44.6 Å². The van der Waals surface area contributed by atoms with Gasteiger partial charge in [0.1, 0.15) is 5.75 Å². The van der Waals surface area contributed by atoms with Crippen molar-refractivity contribution in [2.45, 2.75) is 45.4 Å². The van der Waals surface area contributed by atoms with E-state index in [1.54, 1.807) is 18.4 Å². The van der Waals surface area contributed by atoms with Crippen molar-refractivity contribution in [2.24, 2.45) is 0 Å². The first-order chi connectivity index (χ1) is 18.5. The molecule has 2 rings (SSSR count). The Hall–Kier alpha value is -2.48. The fourth-order valence-corrected chi connectivity index (χ4v) is 7.00. The van der Waals surface area contributed by atoms with Gasteiger partial charge in [-0.3, -0.25) is 4.79 Å². The van der Waals surface area contributed by atoms with Gasteiger partial charge in [-0.25, -0.2) is 25.3 Å². The van der Waals surface area contributed by atoms with Crippen LogP contribution in [0.5, 0.6) is 5.75 Å². The largest absolute Gasteiger partial charge is 0.497 e. The summed E-state index contributed by atoms with van der Waals surface area (Å²) in [6.07, 6.45) is 8.42. The molecule has 1 aromatic heterocycles. The van der Waals surface area contributed by atoms with Crippen molar-refractivity contribution in [3.8, 4) is 5.75 Å². The van der Waals surface area contributed by atoms with Crippen molar-refractivity contribution in [1.29, 1.82) is 0 Å². The zero-order valence-electron chi connectivity index (χ0n) is 23.4. The summed E-state index contributed by atoms with van der Waals surface area (Å²) < 4.78 is 78.4. The lowest BCUT2D eigenvalue weighted by Crippen LogP contribution is -2.25. The molecule has 0 saturated heterocycles. The summed E-state index contributed by atoms with van der Waals surface area (Å²) in [4.78, 5) is 12.7. The van der Waals surface area contributed by atoms with E-state index in [4.69, 9.17) is 4.74 Å². The minimum absolute atomic E-state index is 0.0338. The number of carbonyl (C=O) groups is 1. The molecular weight excluding hydrogens is 595 g/mol. The van der Waals surface area contributed by atoms with Gasteiger partial charge in [0.25, 0.3) is 0 Å². The quantitative estimate of drug-likeness (QED) is 0.306. The lowest BCUT2D eigenvalue weighted by atomic mass is 10.1. The van der Waals surface area contributed by atoms with Crippen molar-refractivity contribution in [3.63, 3.8) is 0 Å². The van der Waals surface area contributed by atoms with E-state index in [0.717, 1.165) is 40.2 Å². The van der Waals surface area contributed by atoms with Crippen LogP contribution in [0.4, 0.5) is 0 Å². The molecule has 0 radical (unpaired) electrons. The summed E-state index contributed by atoms with van der Waals surface area (Å²) in [6.45, 7) is 1.83. The van der Waals surface area contributed by atoms with Crippen molar-refractivity contribution in [2.75, 3.05) is 32.4 Å². The molecule has 1 heterocycles. The number of rotatable bonds is 15. The number of amides is 1. The molecule has 1 amide bonds. The van der Waals surface area contributed by atoms with Crippen LogP contribution in [0.15, 0.2) is 56.5 Å². The minimum Gasteiger partial charge on any atom is -0.497 e. The maximum absolute atomic E-state index is 12.4. The number of benzene rings is 1. The zero-order chi connectivity index (χ0) is 30.1. The van der Waals surface area contributed by atoms with E-state index < -0.39 is 29.5 Å². The van der Waals surface area contributed by atoms with Crippen LogP contribution in [0.25, 0.3) is 10.1 Å². The Labute approximate surface area is 241 Å². The van der Waals surface area contributed by atoms with Crippen molar-refractivity contribution < 1.29 is 34.8 Å². The van der Waals surface area contributed by atoms with Gasteiger partial charge in [0.15, 0.2) is 29.5 Å². The van der Waals surface area contributed by atoms with Gasteiger partial charge in [0.2, 0.25) is 5.91 Å². The molecule has 0 aliphatic heterocycles. The molecular formula is C27H37NO8S4. The predicted octanol–water partition coefficient (Wildman–Crippen LogP) is 4.32. The van der Waals surface area contributed by atoms with Gasteiger partial charge in [0, 0.05) is 51.1 Å². The monoisotopic (exact) mass is 631 g/mol.